The van der Waals surface area contributed by atoms with Gasteiger partial charge in [0.1, 0.15) is 11.6 Å². The first kappa shape index (κ1) is 10.9. The first-order valence-electron chi connectivity index (χ1n) is 5.89. The molecule has 0 unspecified atom stereocenters. The molecule has 0 atom stereocenters. The van der Waals surface area contributed by atoms with Gasteiger partial charge in [-0.2, -0.15) is 5.10 Å². The van der Waals surface area contributed by atoms with E-state index in [2.05, 4.69) is 25.1 Å². The minimum absolute atomic E-state index is 0.557. The Labute approximate surface area is 104 Å². The van der Waals surface area contributed by atoms with E-state index in [9.17, 15) is 0 Å². The molecular formula is C12H14N6. The first-order valence-corrected chi connectivity index (χ1v) is 5.89. The number of benzene rings is 1. The molecule has 3 aromatic rings. The van der Waals surface area contributed by atoms with E-state index < -0.39 is 0 Å². The van der Waals surface area contributed by atoms with Gasteiger partial charge in [0, 0.05) is 6.42 Å². The van der Waals surface area contributed by atoms with Crippen molar-refractivity contribution in [1.29, 1.82) is 0 Å². The normalized spacial score (nSPS) is 11.2. The number of aromatic amines is 2. The van der Waals surface area contributed by atoms with Crippen LogP contribution >= 0.6 is 0 Å². The van der Waals surface area contributed by atoms with Crippen LogP contribution in [0, 0.1) is 0 Å². The van der Waals surface area contributed by atoms with Gasteiger partial charge < -0.3 is 10.7 Å². The highest BCUT2D eigenvalue weighted by Crippen LogP contribution is 2.11. The lowest BCUT2D eigenvalue weighted by Gasteiger charge is -1.90. The zero-order chi connectivity index (χ0) is 12.4. The summed E-state index contributed by atoms with van der Waals surface area (Å²) in [5.74, 6) is 2.44. The molecule has 4 N–H and O–H groups in total. The van der Waals surface area contributed by atoms with Crippen molar-refractivity contribution in [2.45, 2.75) is 12.8 Å². The number of nitrogens with two attached hydrogens (primary N) is 1. The van der Waals surface area contributed by atoms with Crippen molar-refractivity contribution >= 4 is 11.0 Å². The average Bonchev–Trinajstić information content (AvgIpc) is 2.96. The molecule has 0 fully saturated rings. The van der Waals surface area contributed by atoms with Crippen molar-refractivity contribution in [2.75, 3.05) is 6.54 Å². The molecule has 0 radical (unpaired) electrons. The second kappa shape index (κ2) is 4.58. The quantitative estimate of drug-likeness (QED) is 0.629. The summed E-state index contributed by atoms with van der Waals surface area (Å²) in [5, 5.41) is 7.00. The van der Waals surface area contributed by atoms with E-state index in [0.717, 1.165) is 28.5 Å². The van der Waals surface area contributed by atoms with E-state index in [1.165, 1.54) is 0 Å². The predicted octanol–water partition coefficient (Wildman–Crippen LogP) is 0.773. The first-order chi connectivity index (χ1) is 8.85. The minimum Gasteiger partial charge on any atom is -0.342 e. The summed E-state index contributed by atoms with van der Waals surface area (Å²) in [6, 6.07) is 7.94. The number of aromatic nitrogens is 5. The predicted molar refractivity (Wildman–Crippen MR) is 68.0 cm³/mol. The molecule has 1 aromatic carbocycles. The van der Waals surface area contributed by atoms with Crippen LogP contribution in [0.1, 0.15) is 17.5 Å². The lowest BCUT2D eigenvalue weighted by atomic mass is 10.3. The van der Waals surface area contributed by atoms with Crippen LogP contribution in [0.4, 0.5) is 0 Å². The lowest BCUT2D eigenvalue weighted by Crippen LogP contribution is -2.04. The molecule has 0 aliphatic rings. The van der Waals surface area contributed by atoms with Gasteiger partial charge in [0.2, 0.25) is 0 Å². The SMILES string of the molecule is NCCc1n[nH]c(Cc2nc3ccccc3[nH]2)n1. The second-order valence-corrected chi connectivity index (χ2v) is 4.11. The summed E-state index contributed by atoms with van der Waals surface area (Å²) in [6.07, 6.45) is 1.31. The Bertz CT molecular complexity index is 620. The molecule has 0 aliphatic carbocycles. The second-order valence-electron chi connectivity index (χ2n) is 4.11. The maximum Gasteiger partial charge on any atom is 0.151 e. The Morgan fingerprint density at radius 1 is 1.11 bits per heavy atom. The van der Waals surface area contributed by atoms with E-state index in [1.807, 2.05) is 24.3 Å². The fourth-order valence-corrected chi connectivity index (χ4v) is 1.90. The molecule has 0 aliphatic heterocycles. The van der Waals surface area contributed by atoms with Gasteiger partial charge in [-0.15, -0.1) is 0 Å². The number of hydrogen-bond donors (Lipinski definition) is 3. The van der Waals surface area contributed by atoms with Gasteiger partial charge in [0.15, 0.2) is 5.82 Å². The third-order valence-corrected chi connectivity index (χ3v) is 2.72. The number of imidazole rings is 1. The van der Waals surface area contributed by atoms with E-state index in [-0.39, 0.29) is 0 Å². The largest absolute Gasteiger partial charge is 0.342 e. The van der Waals surface area contributed by atoms with Crippen molar-refractivity contribution in [2.24, 2.45) is 5.73 Å². The summed E-state index contributed by atoms with van der Waals surface area (Å²) in [6.45, 7) is 0.557. The van der Waals surface area contributed by atoms with Crippen LogP contribution in [0.3, 0.4) is 0 Å². The van der Waals surface area contributed by atoms with Crippen molar-refractivity contribution in [1.82, 2.24) is 25.1 Å². The highest BCUT2D eigenvalue weighted by Gasteiger charge is 2.07. The third-order valence-electron chi connectivity index (χ3n) is 2.72. The molecule has 2 heterocycles. The molecule has 92 valence electrons. The summed E-state index contributed by atoms with van der Waals surface area (Å²) in [5.41, 5.74) is 7.46. The highest BCUT2D eigenvalue weighted by molar-refractivity contribution is 5.74. The van der Waals surface area contributed by atoms with Crippen LogP contribution in [0.15, 0.2) is 24.3 Å². The maximum absolute atomic E-state index is 5.46. The minimum atomic E-state index is 0.557. The maximum atomic E-state index is 5.46. The Balaban J connectivity index is 1.82. The Morgan fingerprint density at radius 3 is 2.83 bits per heavy atom. The lowest BCUT2D eigenvalue weighted by molar-refractivity contribution is 0.874. The third kappa shape index (κ3) is 2.10. The summed E-state index contributed by atoms with van der Waals surface area (Å²) >= 11 is 0. The van der Waals surface area contributed by atoms with Gasteiger partial charge in [0.25, 0.3) is 0 Å². The van der Waals surface area contributed by atoms with Crippen LogP contribution in [-0.4, -0.2) is 31.7 Å². The monoisotopic (exact) mass is 242 g/mol. The van der Waals surface area contributed by atoms with E-state index >= 15 is 0 Å². The van der Waals surface area contributed by atoms with E-state index in [1.54, 1.807) is 0 Å². The van der Waals surface area contributed by atoms with Gasteiger partial charge in [-0.25, -0.2) is 9.97 Å². The molecule has 6 heteroatoms. The molecule has 0 bridgehead atoms. The Hall–Kier alpha value is -2.21. The van der Waals surface area contributed by atoms with Crippen molar-refractivity contribution in [3.8, 4) is 0 Å². The van der Waals surface area contributed by atoms with E-state index in [4.69, 9.17) is 5.73 Å². The van der Waals surface area contributed by atoms with Crippen LogP contribution in [0.5, 0.6) is 0 Å². The Morgan fingerprint density at radius 2 is 2.00 bits per heavy atom. The van der Waals surface area contributed by atoms with Crippen molar-refractivity contribution in [3.63, 3.8) is 0 Å². The molecule has 6 nitrogen and oxygen atoms in total. The number of H-pyrrole nitrogens is 2. The number of nitrogens with zero attached hydrogens (tertiary/aromatic N) is 3. The molecule has 2 aromatic heterocycles. The van der Waals surface area contributed by atoms with Gasteiger partial charge in [-0.05, 0) is 18.7 Å². The average molecular weight is 242 g/mol. The van der Waals surface area contributed by atoms with E-state index in [0.29, 0.717) is 19.4 Å². The molecule has 18 heavy (non-hydrogen) atoms. The number of nitrogens with one attached hydrogen (secondary N) is 2. The molecule has 0 spiro atoms. The molecular weight excluding hydrogens is 228 g/mol. The smallest absolute Gasteiger partial charge is 0.151 e. The van der Waals surface area contributed by atoms with Crippen LogP contribution in [0.2, 0.25) is 0 Å². The number of fused-ring (bicyclic) bond motifs is 1. The van der Waals surface area contributed by atoms with Crippen LogP contribution in [0.25, 0.3) is 11.0 Å². The van der Waals surface area contributed by atoms with Gasteiger partial charge in [-0.1, -0.05) is 12.1 Å². The zero-order valence-electron chi connectivity index (χ0n) is 9.85. The topological polar surface area (TPSA) is 96.3 Å². The summed E-state index contributed by atoms with van der Waals surface area (Å²) in [7, 11) is 0. The molecule has 3 rings (SSSR count). The van der Waals surface area contributed by atoms with Crippen molar-refractivity contribution < 1.29 is 0 Å². The van der Waals surface area contributed by atoms with Gasteiger partial charge in [0.05, 0.1) is 17.5 Å². The zero-order valence-corrected chi connectivity index (χ0v) is 9.85. The fraction of sp³-hybridized carbons (Fsp3) is 0.250. The fourth-order valence-electron chi connectivity index (χ4n) is 1.90. The molecule has 0 saturated heterocycles. The van der Waals surface area contributed by atoms with Crippen molar-refractivity contribution in [3.05, 3.63) is 41.7 Å². The molecule has 0 saturated carbocycles. The summed E-state index contributed by atoms with van der Waals surface area (Å²) < 4.78 is 0. The van der Waals surface area contributed by atoms with Crippen LogP contribution < -0.4 is 5.73 Å². The number of rotatable bonds is 4. The standard InChI is InChI=1S/C12H14N6/c13-6-5-10-16-12(18-17-10)7-11-14-8-3-1-2-4-9(8)15-11/h1-4H,5-7,13H2,(H,14,15)(H,16,17,18). The van der Waals surface area contributed by atoms with Gasteiger partial charge in [-0.3, -0.25) is 5.10 Å². The molecule has 0 amide bonds. The number of hydrogen-bond acceptors (Lipinski definition) is 4. The van der Waals surface area contributed by atoms with Gasteiger partial charge >= 0.3 is 0 Å². The van der Waals surface area contributed by atoms with Crippen LogP contribution in [-0.2, 0) is 12.8 Å². The number of para-hydroxylation sites is 2. The Kier molecular flexibility index (Phi) is 2.77. The summed E-state index contributed by atoms with van der Waals surface area (Å²) in [4.78, 5) is 12.1. The highest BCUT2D eigenvalue weighted by atomic mass is 15.2.